The van der Waals surface area contributed by atoms with Gasteiger partial charge >= 0.3 is 6.03 Å². The minimum atomic E-state index is -0.409. The number of benzene rings is 2. The van der Waals surface area contributed by atoms with Crippen LogP contribution in [0.3, 0.4) is 0 Å². The normalized spacial score (nSPS) is 14.1. The van der Waals surface area contributed by atoms with Crippen molar-refractivity contribution < 1.29 is 14.3 Å². The molecule has 0 saturated carbocycles. The van der Waals surface area contributed by atoms with Gasteiger partial charge in [-0.15, -0.1) is 0 Å². The van der Waals surface area contributed by atoms with E-state index >= 15 is 0 Å². The molecule has 0 aromatic heterocycles. The molecule has 5 heteroatoms. The maximum absolute atomic E-state index is 12.4. The third kappa shape index (κ3) is 4.43. The molecule has 0 radical (unpaired) electrons. The Balaban J connectivity index is 2.15. The molecular formula is C24H26N2O3. The summed E-state index contributed by atoms with van der Waals surface area (Å²) in [6.07, 6.45) is 1.17. The highest BCUT2D eigenvalue weighted by Crippen LogP contribution is 2.39. The van der Waals surface area contributed by atoms with Crippen LogP contribution in [-0.2, 0) is 10.2 Å². The minimum absolute atomic E-state index is 0.174. The van der Waals surface area contributed by atoms with Crippen molar-refractivity contribution in [2.24, 2.45) is 0 Å². The Bertz CT molecular complexity index is 984. The molecule has 1 fully saturated rings. The summed E-state index contributed by atoms with van der Waals surface area (Å²) in [7, 11) is 1.64. The van der Waals surface area contributed by atoms with Gasteiger partial charge in [-0.1, -0.05) is 50.8 Å². The number of urea groups is 1. The van der Waals surface area contributed by atoms with Crippen molar-refractivity contribution in [2.45, 2.75) is 39.0 Å². The zero-order chi connectivity index (χ0) is 21.0. The van der Waals surface area contributed by atoms with Crippen molar-refractivity contribution in [1.82, 2.24) is 5.32 Å². The Morgan fingerprint density at radius 3 is 2.48 bits per heavy atom. The van der Waals surface area contributed by atoms with Crippen LogP contribution < -0.4 is 15.0 Å². The number of nitrogens with zero attached hydrogens (tertiary/aromatic N) is 1. The van der Waals surface area contributed by atoms with Gasteiger partial charge in [-0.25, -0.2) is 4.79 Å². The molecule has 1 N–H and O–H groups in total. The third-order valence-corrected chi connectivity index (χ3v) is 5.37. The summed E-state index contributed by atoms with van der Waals surface area (Å²) in [5.74, 6) is 6.87. The van der Waals surface area contributed by atoms with E-state index < -0.39 is 6.03 Å². The van der Waals surface area contributed by atoms with Crippen LogP contribution in [0.4, 0.5) is 10.5 Å². The Kier molecular flexibility index (Phi) is 5.93. The van der Waals surface area contributed by atoms with Gasteiger partial charge in [0.05, 0.1) is 12.7 Å². The minimum Gasteiger partial charge on any atom is -0.495 e. The van der Waals surface area contributed by atoms with Crippen LogP contribution in [0, 0.1) is 11.8 Å². The van der Waals surface area contributed by atoms with Crippen LogP contribution in [0.1, 0.15) is 50.3 Å². The second-order valence-corrected chi connectivity index (χ2v) is 7.68. The lowest BCUT2D eigenvalue weighted by Gasteiger charge is -2.31. The Hall–Kier alpha value is -3.26. The van der Waals surface area contributed by atoms with Gasteiger partial charge in [0, 0.05) is 29.8 Å². The van der Waals surface area contributed by atoms with Gasteiger partial charge < -0.3 is 4.74 Å². The summed E-state index contributed by atoms with van der Waals surface area (Å²) in [4.78, 5) is 25.5. The van der Waals surface area contributed by atoms with E-state index in [-0.39, 0.29) is 17.7 Å². The molecule has 5 nitrogen and oxygen atoms in total. The molecule has 0 unspecified atom stereocenters. The predicted octanol–water partition coefficient (Wildman–Crippen LogP) is 4.23. The molecule has 3 amide bonds. The van der Waals surface area contributed by atoms with E-state index in [1.54, 1.807) is 12.0 Å². The first-order valence-corrected chi connectivity index (χ1v) is 9.76. The number of carbonyl (C=O) groups excluding carboxylic acids is 2. The molecule has 0 spiro atoms. The SMILES string of the molecule is CCC(C)(C)c1cc(N2CCC(=O)NC2=O)cc(C#Cc2ccccc2)c1OC. The van der Waals surface area contributed by atoms with Crippen LogP contribution in [0.15, 0.2) is 42.5 Å². The molecular weight excluding hydrogens is 364 g/mol. The van der Waals surface area contributed by atoms with Crippen molar-refractivity contribution in [3.63, 3.8) is 0 Å². The second kappa shape index (κ2) is 8.40. The summed E-state index contributed by atoms with van der Waals surface area (Å²) >= 11 is 0. The number of hydrogen-bond donors (Lipinski definition) is 1. The molecule has 0 atom stereocenters. The molecule has 2 aromatic rings. The molecule has 3 rings (SSSR count). The number of hydrogen-bond acceptors (Lipinski definition) is 3. The van der Waals surface area contributed by atoms with Gasteiger partial charge in [0.15, 0.2) is 0 Å². The lowest BCUT2D eigenvalue weighted by atomic mass is 9.80. The number of anilines is 1. The van der Waals surface area contributed by atoms with Crippen LogP contribution in [-0.4, -0.2) is 25.6 Å². The lowest BCUT2D eigenvalue weighted by molar-refractivity contribution is -0.120. The topological polar surface area (TPSA) is 58.6 Å². The van der Waals surface area contributed by atoms with Crippen molar-refractivity contribution in [3.8, 4) is 17.6 Å². The fraction of sp³-hybridized carbons (Fsp3) is 0.333. The van der Waals surface area contributed by atoms with Gasteiger partial charge in [0.25, 0.3) is 0 Å². The highest BCUT2D eigenvalue weighted by Gasteiger charge is 2.29. The standard InChI is InChI=1S/C24H26N2O3/c1-5-24(2,3)20-16-19(26-14-13-21(27)25-23(26)28)15-18(22(20)29-4)12-11-17-9-7-6-8-10-17/h6-10,15-16H,5,13-14H2,1-4H3,(H,25,27,28). The highest BCUT2D eigenvalue weighted by molar-refractivity contribution is 6.05. The van der Waals surface area contributed by atoms with Crippen LogP contribution in [0.2, 0.25) is 0 Å². The van der Waals surface area contributed by atoms with Gasteiger partial charge in [0.1, 0.15) is 5.75 Å². The van der Waals surface area contributed by atoms with Crippen molar-refractivity contribution in [2.75, 3.05) is 18.6 Å². The van der Waals surface area contributed by atoms with Crippen LogP contribution in [0.5, 0.6) is 5.75 Å². The molecule has 1 aliphatic rings. The molecule has 1 saturated heterocycles. The van der Waals surface area contributed by atoms with E-state index in [4.69, 9.17) is 4.74 Å². The molecule has 1 aliphatic heterocycles. The Morgan fingerprint density at radius 1 is 1.14 bits per heavy atom. The number of rotatable bonds is 4. The maximum atomic E-state index is 12.4. The van der Waals surface area contributed by atoms with Crippen molar-refractivity contribution in [1.29, 1.82) is 0 Å². The van der Waals surface area contributed by atoms with Crippen molar-refractivity contribution in [3.05, 3.63) is 59.2 Å². The number of nitrogens with one attached hydrogen (secondary N) is 1. The van der Waals surface area contributed by atoms with E-state index in [0.29, 0.717) is 12.2 Å². The average Bonchev–Trinajstić information content (AvgIpc) is 2.72. The first-order valence-electron chi connectivity index (χ1n) is 9.76. The first kappa shape index (κ1) is 20.5. The van der Waals surface area contributed by atoms with Crippen LogP contribution in [0.25, 0.3) is 0 Å². The van der Waals surface area contributed by atoms with Crippen LogP contribution >= 0.6 is 0 Å². The number of ether oxygens (including phenoxy) is 1. The number of amides is 3. The van der Waals surface area contributed by atoms with E-state index in [9.17, 15) is 9.59 Å². The first-order chi connectivity index (χ1) is 13.9. The molecule has 2 aromatic carbocycles. The largest absolute Gasteiger partial charge is 0.495 e. The third-order valence-electron chi connectivity index (χ3n) is 5.37. The predicted molar refractivity (Wildman–Crippen MR) is 114 cm³/mol. The number of imide groups is 1. The zero-order valence-electron chi connectivity index (χ0n) is 17.3. The van der Waals surface area contributed by atoms with E-state index in [1.807, 2.05) is 42.5 Å². The fourth-order valence-corrected chi connectivity index (χ4v) is 3.25. The number of carbonyl (C=O) groups is 2. The average molecular weight is 390 g/mol. The van der Waals surface area contributed by atoms with Gasteiger partial charge in [0.2, 0.25) is 5.91 Å². The fourth-order valence-electron chi connectivity index (χ4n) is 3.25. The number of methoxy groups -OCH3 is 1. The molecule has 0 aliphatic carbocycles. The lowest BCUT2D eigenvalue weighted by Crippen LogP contribution is -2.49. The zero-order valence-corrected chi connectivity index (χ0v) is 17.3. The van der Waals surface area contributed by atoms with Gasteiger partial charge in [-0.2, -0.15) is 0 Å². The monoisotopic (exact) mass is 390 g/mol. The van der Waals surface area contributed by atoms with E-state index in [1.165, 1.54) is 0 Å². The van der Waals surface area contributed by atoms with Gasteiger partial charge in [-0.05, 0) is 36.1 Å². The quantitative estimate of drug-likeness (QED) is 0.795. The maximum Gasteiger partial charge on any atom is 0.328 e. The summed E-state index contributed by atoms with van der Waals surface area (Å²) < 4.78 is 5.76. The van der Waals surface area contributed by atoms with E-state index in [2.05, 4.69) is 37.9 Å². The Labute approximate surface area is 172 Å². The summed E-state index contributed by atoms with van der Waals surface area (Å²) in [5.41, 5.74) is 3.14. The van der Waals surface area contributed by atoms with E-state index in [0.717, 1.165) is 28.9 Å². The molecule has 150 valence electrons. The Morgan fingerprint density at radius 2 is 1.86 bits per heavy atom. The molecule has 0 bridgehead atoms. The molecule has 1 heterocycles. The summed E-state index contributed by atoms with van der Waals surface area (Å²) in [5, 5.41) is 2.39. The second-order valence-electron chi connectivity index (χ2n) is 7.68. The van der Waals surface area contributed by atoms with Crippen molar-refractivity contribution >= 4 is 17.6 Å². The van der Waals surface area contributed by atoms with Gasteiger partial charge in [-0.3, -0.25) is 15.0 Å². The summed E-state index contributed by atoms with van der Waals surface area (Å²) in [6, 6.07) is 13.2. The highest BCUT2D eigenvalue weighted by atomic mass is 16.5. The summed E-state index contributed by atoms with van der Waals surface area (Å²) in [6.45, 7) is 6.74. The smallest absolute Gasteiger partial charge is 0.328 e. The molecule has 29 heavy (non-hydrogen) atoms.